The number of nitrogens with one attached hydrogen (secondary N) is 1. The monoisotopic (exact) mass is 583 g/mol. The Morgan fingerprint density at radius 2 is 1.85 bits per heavy atom. The Labute approximate surface area is 238 Å². The molecule has 2 aromatic rings. The zero-order chi connectivity index (χ0) is 29.7. The highest BCUT2D eigenvalue weighted by molar-refractivity contribution is 6.34. The summed E-state index contributed by atoms with van der Waals surface area (Å²) in [7, 11) is 4.64. The van der Waals surface area contributed by atoms with Gasteiger partial charge in [-0.1, -0.05) is 36.6 Å². The van der Waals surface area contributed by atoms with Crippen molar-refractivity contribution in [2.45, 2.75) is 56.8 Å². The third kappa shape index (κ3) is 7.20. The fourth-order valence-corrected chi connectivity index (χ4v) is 5.26. The van der Waals surface area contributed by atoms with Gasteiger partial charge in [-0.25, -0.2) is 0 Å². The molecule has 0 aliphatic carbocycles. The number of ether oxygens (including phenoxy) is 1. The maximum Gasteiger partial charge on any atom is 0.430 e. The highest BCUT2D eigenvalue weighted by atomic mass is 35.5. The molecule has 0 saturated carbocycles. The lowest BCUT2D eigenvalue weighted by atomic mass is 9.87. The van der Waals surface area contributed by atoms with E-state index in [9.17, 15) is 27.9 Å². The van der Waals surface area contributed by atoms with E-state index in [1.165, 1.54) is 24.1 Å². The quantitative estimate of drug-likeness (QED) is 0.374. The Kier molecular flexibility index (Phi) is 10.3. The summed E-state index contributed by atoms with van der Waals surface area (Å²) < 4.78 is 47.1. The predicted molar refractivity (Wildman–Crippen MR) is 149 cm³/mol. The first-order valence-electron chi connectivity index (χ1n) is 13.3. The topological polar surface area (TPSA) is 82.1 Å². The van der Waals surface area contributed by atoms with Crippen LogP contribution < -0.4 is 10.1 Å². The average molecular weight is 584 g/mol. The van der Waals surface area contributed by atoms with Crippen molar-refractivity contribution in [2.75, 3.05) is 39.6 Å². The molecule has 2 N–H and O–H groups in total. The first-order chi connectivity index (χ1) is 18.8. The second-order valence-corrected chi connectivity index (χ2v) is 11.0. The number of rotatable bonds is 10. The third-order valence-corrected chi connectivity index (χ3v) is 7.69. The minimum atomic E-state index is -5.19. The molecule has 1 unspecified atom stereocenters. The van der Waals surface area contributed by atoms with Crippen LogP contribution in [0.4, 0.5) is 18.9 Å². The van der Waals surface area contributed by atoms with Crippen molar-refractivity contribution in [3.63, 3.8) is 0 Å². The summed E-state index contributed by atoms with van der Waals surface area (Å²) in [5.41, 5.74) is -2.95. The van der Waals surface area contributed by atoms with Gasteiger partial charge in [-0.15, -0.1) is 0 Å². The predicted octanol–water partition coefficient (Wildman–Crippen LogP) is 5.71. The molecule has 0 bridgehead atoms. The largest absolute Gasteiger partial charge is 0.497 e. The van der Waals surface area contributed by atoms with Crippen LogP contribution in [0.25, 0.3) is 0 Å². The Balaban J connectivity index is 1.51. The van der Waals surface area contributed by atoms with E-state index in [1.54, 1.807) is 26.2 Å². The molecule has 7 nitrogen and oxygen atoms in total. The van der Waals surface area contributed by atoms with Crippen LogP contribution >= 0.6 is 11.6 Å². The van der Waals surface area contributed by atoms with Gasteiger partial charge < -0.3 is 25.0 Å². The van der Waals surface area contributed by atoms with Gasteiger partial charge in [0.15, 0.2) is 0 Å². The zero-order valence-electron chi connectivity index (χ0n) is 23.2. The van der Waals surface area contributed by atoms with Crippen molar-refractivity contribution in [3.8, 4) is 5.75 Å². The van der Waals surface area contributed by atoms with E-state index in [1.807, 2.05) is 13.0 Å². The van der Waals surface area contributed by atoms with Gasteiger partial charge in [0.2, 0.25) is 0 Å². The Morgan fingerprint density at radius 3 is 2.42 bits per heavy atom. The van der Waals surface area contributed by atoms with Gasteiger partial charge in [0.05, 0.1) is 17.7 Å². The molecule has 2 amide bonds. The van der Waals surface area contributed by atoms with E-state index >= 15 is 0 Å². The van der Waals surface area contributed by atoms with Crippen LogP contribution in [-0.2, 0) is 10.4 Å². The number of alkyl halides is 3. The van der Waals surface area contributed by atoms with Crippen LogP contribution in [0.2, 0.25) is 5.02 Å². The van der Waals surface area contributed by atoms with E-state index in [0.29, 0.717) is 23.4 Å². The van der Waals surface area contributed by atoms with Crippen molar-refractivity contribution < 1.29 is 32.6 Å². The van der Waals surface area contributed by atoms with Gasteiger partial charge in [-0.2, -0.15) is 13.2 Å². The van der Waals surface area contributed by atoms with E-state index in [-0.39, 0.29) is 36.7 Å². The normalized spacial score (nSPS) is 16.7. The highest BCUT2D eigenvalue weighted by Crippen LogP contribution is 2.42. The van der Waals surface area contributed by atoms with Gasteiger partial charge >= 0.3 is 6.18 Å². The Morgan fingerprint density at radius 1 is 1.18 bits per heavy atom. The van der Waals surface area contributed by atoms with E-state index < -0.39 is 23.2 Å². The van der Waals surface area contributed by atoms with Crippen molar-refractivity contribution in [1.82, 2.24) is 9.80 Å². The average Bonchev–Trinajstić information content (AvgIpc) is 2.91. The number of methoxy groups -OCH3 is 1. The van der Waals surface area contributed by atoms with Crippen molar-refractivity contribution in [3.05, 3.63) is 58.6 Å². The summed E-state index contributed by atoms with van der Waals surface area (Å²) in [5, 5.41) is 14.5. The summed E-state index contributed by atoms with van der Waals surface area (Å²) in [6.07, 6.45) is -1.42. The smallest absolute Gasteiger partial charge is 0.430 e. The third-order valence-electron chi connectivity index (χ3n) is 7.38. The number of hydrogen-bond acceptors (Lipinski definition) is 5. The minimum Gasteiger partial charge on any atom is -0.497 e. The molecule has 0 radical (unpaired) electrons. The molecular weight excluding hydrogens is 547 g/mol. The van der Waals surface area contributed by atoms with Crippen LogP contribution in [-0.4, -0.2) is 73.2 Å². The van der Waals surface area contributed by atoms with Gasteiger partial charge in [0.25, 0.3) is 17.4 Å². The second-order valence-electron chi connectivity index (χ2n) is 10.5. The summed E-state index contributed by atoms with van der Waals surface area (Å²) >= 11 is 6.29. The Bertz CT molecular complexity index is 1190. The van der Waals surface area contributed by atoms with Crippen molar-refractivity contribution in [1.29, 1.82) is 0 Å². The van der Waals surface area contributed by atoms with Crippen LogP contribution in [0.1, 0.15) is 54.9 Å². The van der Waals surface area contributed by atoms with Crippen LogP contribution in [0.15, 0.2) is 42.5 Å². The van der Waals surface area contributed by atoms with Crippen molar-refractivity contribution in [2.24, 2.45) is 5.92 Å². The molecule has 2 aromatic carbocycles. The molecule has 11 heteroatoms. The fourth-order valence-electron chi connectivity index (χ4n) is 5.00. The number of aliphatic hydroxyl groups is 1. The number of likely N-dealkylation sites (tertiary alicyclic amines) is 1. The number of carbonyl (C=O) groups is 2. The molecule has 1 saturated heterocycles. The molecule has 1 fully saturated rings. The summed E-state index contributed by atoms with van der Waals surface area (Å²) in [6.45, 7) is 2.34. The lowest BCUT2D eigenvalue weighted by Gasteiger charge is -2.38. The van der Waals surface area contributed by atoms with E-state index in [2.05, 4.69) is 5.32 Å². The van der Waals surface area contributed by atoms with Crippen LogP contribution in [0.5, 0.6) is 5.75 Å². The zero-order valence-corrected chi connectivity index (χ0v) is 24.0. The summed E-state index contributed by atoms with van der Waals surface area (Å²) in [4.78, 5) is 27.8. The minimum absolute atomic E-state index is 0.120. The number of hydrogen-bond donors (Lipinski definition) is 2. The van der Waals surface area contributed by atoms with Crippen molar-refractivity contribution >= 4 is 29.1 Å². The summed E-state index contributed by atoms with van der Waals surface area (Å²) in [6, 6.07) is 10.3. The number of anilines is 1. The molecule has 0 aromatic heterocycles. The van der Waals surface area contributed by atoms with Crippen LogP contribution in [0.3, 0.4) is 0 Å². The van der Waals surface area contributed by atoms with Crippen LogP contribution in [0, 0.1) is 5.92 Å². The summed E-state index contributed by atoms with van der Waals surface area (Å²) in [5.74, 6) is -1.13. The van der Waals surface area contributed by atoms with E-state index in [0.717, 1.165) is 42.0 Å². The van der Waals surface area contributed by atoms with Gasteiger partial charge in [-0.05, 0) is 62.4 Å². The Hall–Kier alpha value is -2.98. The maximum atomic E-state index is 14.0. The number of benzene rings is 2. The molecule has 1 aliphatic heterocycles. The first-order valence-corrected chi connectivity index (χ1v) is 13.7. The molecule has 1 heterocycles. The molecule has 220 valence electrons. The number of piperidine rings is 1. The molecule has 1 aliphatic rings. The number of nitrogens with zero attached hydrogens (tertiary/aromatic N) is 2. The maximum absolute atomic E-state index is 14.0. The SMILES string of the molecule is COc1cccc([C@@](O)(C(=O)N2CCC(CCCC(C)Nc3ccc(C(=O)N(C)C)c(Cl)c3)CC2)C(F)(F)F)c1. The number of amides is 2. The molecule has 40 heavy (non-hydrogen) atoms. The number of carbonyl (C=O) groups excluding carboxylic acids is 2. The lowest BCUT2D eigenvalue weighted by Crippen LogP contribution is -2.57. The fraction of sp³-hybridized carbons (Fsp3) is 0.517. The molecule has 2 atom stereocenters. The number of halogens is 4. The first kappa shape index (κ1) is 31.5. The standard InChI is InChI=1S/C29H37ClF3N3O4/c1-19(34-22-11-12-24(25(30)18-22)26(37)35(2)3)7-5-8-20-13-15-36(16-14-20)27(38)28(39,29(31,32)33)21-9-6-10-23(17-21)40-4/h6,9-12,17-20,34,39H,5,7-8,13-16H2,1-4H3/t19?,28-/m1/s1. The van der Waals surface area contributed by atoms with Gasteiger partial charge in [0.1, 0.15) is 5.75 Å². The van der Waals surface area contributed by atoms with Gasteiger partial charge in [-0.3, -0.25) is 9.59 Å². The molecule has 3 rings (SSSR count). The highest BCUT2D eigenvalue weighted by Gasteiger charge is 2.62. The molecule has 0 spiro atoms. The second kappa shape index (κ2) is 13.1. The van der Waals surface area contributed by atoms with Gasteiger partial charge in [0, 0.05) is 44.5 Å². The van der Waals surface area contributed by atoms with E-state index in [4.69, 9.17) is 16.3 Å². The molecular formula is C29H37ClF3N3O4. The lowest BCUT2D eigenvalue weighted by molar-refractivity contribution is -0.262.